The van der Waals surface area contributed by atoms with Crippen LogP contribution >= 0.6 is 0 Å². The van der Waals surface area contributed by atoms with E-state index in [1.54, 1.807) is 0 Å². The number of carboxylic acids is 1. The van der Waals surface area contributed by atoms with Crippen molar-refractivity contribution in [2.45, 2.75) is 0 Å². The van der Waals surface area contributed by atoms with Crippen LogP contribution in [0.5, 0.6) is 5.75 Å². The van der Waals surface area contributed by atoms with E-state index in [4.69, 9.17) is 18.4 Å². The molecule has 0 saturated heterocycles. The fourth-order valence-corrected chi connectivity index (χ4v) is 0.598. The Balaban J connectivity index is 0. The number of hydrogen-bond acceptors (Lipinski definition) is 4. The van der Waals surface area contributed by atoms with E-state index in [1.165, 1.54) is 24.3 Å². The van der Waals surface area contributed by atoms with Crippen LogP contribution in [-0.2, 0) is 11.4 Å². The first-order chi connectivity index (χ1) is 6.43. The monoisotopic (exact) mass is 242 g/mol. The SMILES string of the molecule is O=C([O-])c1ccc(O)cc1.O=S(O)O.[Na+]. The zero-order valence-corrected chi connectivity index (χ0v) is 10.6. The second-order valence-electron chi connectivity index (χ2n) is 2.07. The molecule has 0 spiro atoms. The Hall–Kier alpha value is -0.440. The molecule has 0 heterocycles. The van der Waals surface area contributed by atoms with Gasteiger partial charge in [0.15, 0.2) is 0 Å². The van der Waals surface area contributed by atoms with Crippen molar-refractivity contribution in [3.05, 3.63) is 29.8 Å². The average molecular weight is 242 g/mol. The van der Waals surface area contributed by atoms with Gasteiger partial charge in [-0.25, -0.2) is 0 Å². The van der Waals surface area contributed by atoms with Crippen molar-refractivity contribution >= 4 is 17.3 Å². The Morgan fingerprint density at radius 3 is 1.80 bits per heavy atom. The van der Waals surface area contributed by atoms with E-state index in [1.807, 2.05) is 0 Å². The molecule has 15 heavy (non-hydrogen) atoms. The fraction of sp³-hybridized carbons (Fsp3) is 0. The summed E-state index contributed by atoms with van der Waals surface area (Å²) in [6.07, 6.45) is 0. The van der Waals surface area contributed by atoms with Crippen LogP contribution in [0.1, 0.15) is 10.4 Å². The first kappa shape index (κ1) is 17.0. The van der Waals surface area contributed by atoms with Gasteiger partial charge in [-0.15, -0.1) is 0 Å². The summed E-state index contributed by atoms with van der Waals surface area (Å²) in [4.78, 5) is 10.1. The van der Waals surface area contributed by atoms with Crippen LogP contribution in [-0.4, -0.2) is 24.4 Å². The number of benzene rings is 1. The third-order valence-corrected chi connectivity index (χ3v) is 1.10. The molecule has 0 radical (unpaired) electrons. The molecule has 0 bridgehead atoms. The van der Waals surface area contributed by atoms with Crippen LogP contribution in [0, 0.1) is 0 Å². The van der Waals surface area contributed by atoms with Crippen molar-refractivity contribution in [2.24, 2.45) is 0 Å². The minimum Gasteiger partial charge on any atom is -0.545 e. The summed E-state index contributed by atoms with van der Waals surface area (Å²) < 4.78 is 22.8. The van der Waals surface area contributed by atoms with E-state index in [0.29, 0.717) is 0 Å². The molecule has 0 fully saturated rings. The Morgan fingerprint density at radius 1 is 1.20 bits per heavy atom. The van der Waals surface area contributed by atoms with Gasteiger partial charge in [-0.3, -0.25) is 9.11 Å². The summed E-state index contributed by atoms with van der Waals surface area (Å²) in [5.41, 5.74) is 0.0674. The van der Waals surface area contributed by atoms with Gasteiger partial charge in [-0.05, 0) is 29.8 Å². The van der Waals surface area contributed by atoms with Gasteiger partial charge in [0.25, 0.3) is 11.4 Å². The molecule has 1 aromatic rings. The van der Waals surface area contributed by atoms with E-state index in [0.717, 1.165) is 0 Å². The van der Waals surface area contributed by atoms with Crippen molar-refractivity contribution in [3.63, 3.8) is 0 Å². The molecule has 1 aromatic carbocycles. The first-order valence-electron chi connectivity index (χ1n) is 3.24. The molecule has 0 aliphatic heterocycles. The smallest absolute Gasteiger partial charge is 0.545 e. The predicted octanol–water partition coefficient (Wildman–Crippen LogP) is -3.56. The summed E-state index contributed by atoms with van der Waals surface area (Å²) in [5, 5.41) is 18.8. The number of carbonyl (C=O) groups is 1. The van der Waals surface area contributed by atoms with E-state index < -0.39 is 17.3 Å². The van der Waals surface area contributed by atoms with Crippen LogP contribution in [0.2, 0.25) is 0 Å². The maximum atomic E-state index is 10.1. The zero-order valence-electron chi connectivity index (χ0n) is 7.78. The Morgan fingerprint density at radius 2 is 1.53 bits per heavy atom. The molecule has 0 unspecified atom stereocenters. The van der Waals surface area contributed by atoms with E-state index >= 15 is 0 Å². The average Bonchev–Trinajstić information content (AvgIpc) is 2.03. The standard InChI is InChI=1S/C7H6O3.Na.H2O3S/c8-6-3-1-5(2-4-6)7(9)10;;1-4(2)3/h1-4,8H,(H,9,10);;(H2,1,2,3)/q;+1;/p-1. The van der Waals surface area contributed by atoms with Crippen LogP contribution in [0.15, 0.2) is 24.3 Å². The Bertz CT molecular complexity index is 321. The van der Waals surface area contributed by atoms with Crippen LogP contribution < -0.4 is 34.7 Å². The maximum absolute atomic E-state index is 10.1. The summed E-state index contributed by atoms with van der Waals surface area (Å²) in [5.74, 6) is -1.19. The van der Waals surface area contributed by atoms with E-state index in [-0.39, 0.29) is 40.9 Å². The van der Waals surface area contributed by atoms with Gasteiger partial charge in [0.1, 0.15) is 5.75 Å². The minimum atomic E-state index is -2.61. The third-order valence-electron chi connectivity index (χ3n) is 1.10. The molecule has 1 rings (SSSR count). The van der Waals surface area contributed by atoms with E-state index in [2.05, 4.69) is 0 Å². The van der Waals surface area contributed by atoms with Crippen LogP contribution in [0.25, 0.3) is 0 Å². The molecular formula is C7H7NaO6S. The van der Waals surface area contributed by atoms with Gasteiger partial charge in [0.05, 0.1) is 5.97 Å². The van der Waals surface area contributed by atoms with Gasteiger partial charge >= 0.3 is 29.6 Å². The largest absolute Gasteiger partial charge is 1.00 e. The molecule has 0 saturated carbocycles. The molecular weight excluding hydrogens is 235 g/mol. The number of carboxylic acid groups (broad SMARTS) is 1. The number of phenolic OH excluding ortho intramolecular Hbond substituents is 1. The van der Waals surface area contributed by atoms with Gasteiger partial charge in [-0.2, -0.15) is 4.21 Å². The molecule has 8 heteroatoms. The van der Waals surface area contributed by atoms with Gasteiger partial charge < -0.3 is 15.0 Å². The second-order valence-corrected chi connectivity index (χ2v) is 2.53. The number of phenols is 1. The van der Waals surface area contributed by atoms with Crippen LogP contribution in [0.4, 0.5) is 0 Å². The maximum Gasteiger partial charge on any atom is 1.00 e. The molecule has 0 aliphatic carbocycles. The predicted molar refractivity (Wildman–Crippen MR) is 45.8 cm³/mol. The number of aromatic hydroxyl groups is 1. The Labute approximate surface area is 110 Å². The number of hydrogen-bond donors (Lipinski definition) is 3. The topological polar surface area (TPSA) is 118 Å². The molecule has 78 valence electrons. The minimum absolute atomic E-state index is 0. The van der Waals surface area contributed by atoms with Crippen LogP contribution in [0.3, 0.4) is 0 Å². The van der Waals surface area contributed by atoms with Gasteiger partial charge in [0, 0.05) is 0 Å². The third kappa shape index (κ3) is 9.85. The van der Waals surface area contributed by atoms with Gasteiger partial charge in [-0.1, -0.05) is 0 Å². The molecule has 6 nitrogen and oxygen atoms in total. The summed E-state index contributed by atoms with van der Waals surface area (Å²) in [6.45, 7) is 0. The van der Waals surface area contributed by atoms with Crippen molar-refractivity contribution in [1.29, 1.82) is 0 Å². The summed E-state index contributed by atoms with van der Waals surface area (Å²) in [6, 6.07) is 5.16. The molecule has 3 N–H and O–H groups in total. The zero-order chi connectivity index (χ0) is 11.1. The number of aromatic carboxylic acids is 1. The van der Waals surface area contributed by atoms with Gasteiger partial charge in [0.2, 0.25) is 0 Å². The van der Waals surface area contributed by atoms with Crippen molar-refractivity contribution < 1.29 is 57.9 Å². The molecule has 0 amide bonds. The Kier molecular flexibility index (Phi) is 10.00. The van der Waals surface area contributed by atoms with Crippen molar-refractivity contribution in [3.8, 4) is 5.75 Å². The molecule has 0 aliphatic rings. The summed E-state index contributed by atoms with van der Waals surface area (Å²) in [7, 11) is 0. The normalized spacial score (nSPS) is 8.47. The molecule has 0 atom stereocenters. The fourth-order valence-electron chi connectivity index (χ4n) is 0.598. The van der Waals surface area contributed by atoms with E-state index in [9.17, 15) is 9.90 Å². The quantitative estimate of drug-likeness (QED) is 0.346. The second kappa shape index (κ2) is 8.84. The first-order valence-corrected chi connectivity index (χ1v) is 4.30. The summed E-state index contributed by atoms with van der Waals surface area (Å²) >= 11 is -2.61. The number of carbonyl (C=O) groups excluding carboxylic acids is 1. The van der Waals surface area contributed by atoms with Crippen molar-refractivity contribution in [1.82, 2.24) is 0 Å². The van der Waals surface area contributed by atoms with Crippen molar-refractivity contribution in [2.75, 3.05) is 0 Å². The number of rotatable bonds is 1. The molecule has 0 aromatic heterocycles.